The molecule has 2 aliphatic rings. The largest absolute Gasteiger partial charge is 0.399 e. The summed E-state index contributed by atoms with van der Waals surface area (Å²) in [4.78, 5) is 4.99. The Balaban J connectivity index is 1.53. The van der Waals surface area contributed by atoms with E-state index < -0.39 is 10.0 Å². The van der Waals surface area contributed by atoms with Crippen LogP contribution in [0.3, 0.4) is 0 Å². The van der Waals surface area contributed by atoms with Crippen LogP contribution in [0.4, 0.5) is 5.69 Å². The Morgan fingerprint density at radius 2 is 1.69 bits per heavy atom. The molecule has 0 spiro atoms. The Hall–Kier alpha value is -2.67. The molecule has 1 saturated heterocycles. The van der Waals surface area contributed by atoms with Crippen LogP contribution in [0.1, 0.15) is 35.2 Å². The van der Waals surface area contributed by atoms with E-state index >= 15 is 0 Å². The number of nitrogens with zero attached hydrogens (tertiary/aromatic N) is 2. The molecule has 0 unspecified atom stereocenters. The Labute approximate surface area is 193 Å². The van der Waals surface area contributed by atoms with Gasteiger partial charge < -0.3 is 5.73 Å². The fourth-order valence-electron chi connectivity index (χ4n) is 4.70. The number of aromatic nitrogens is 1. The average Bonchev–Trinajstić information content (AvgIpc) is 2.96. The van der Waals surface area contributed by atoms with Crippen molar-refractivity contribution in [3.8, 4) is 0 Å². The highest BCUT2D eigenvalue weighted by molar-refractivity contribution is 7.89. The quantitative estimate of drug-likeness (QED) is 0.556. The van der Waals surface area contributed by atoms with E-state index in [4.69, 9.17) is 22.3 Å². The lowest BCUT2D eigenvalue weighted by atomic mass is 9.89. The molecular formula is C25H24ClN3O2S. The second-order valence-electron chi connectivity index (χ2n) is 8.27. The molecule has 1 aromatic heterocycles. The average molecular weight is 466 g/mol. The Morgan fingerprint density at radius 3 is 2.47 bits per heavy atom. The predicted molar refractivity (Wildman–Crippen MR) is 128 cm³/mol. The summed E-state index contributed by atoms with van der Waals surface area (Å²) in [6.45, 7) is 0.863. The molecule has 32 heavy (non-hydrogen) atoms. The molecule has 2 N–H and O–H groups in total. The number of aryl methyl sites for hydroxylation is 2. The summed E-state index contributed by atoms with van der Waals surface area (Å²) in [6.07, 6.45) is 4.97. The van der Waals surface area contributed by atoms with Gasteiger partial charge in [-0.1, -0.05) is 35.4 Å². The number of piperidine rings is 1. The zero-order valence-corrected chi connectivity index (χ0v) is 19.2. The monoisotopic (exact) mass is 465 g/mol. The fraction of sp³-hybridized carbons (Fsp3) is 0.240. The fourth-order valence-corrected chi connectivity index (χ4v) is 6.40. The third-order valence-electron chi connectivity index (χ3n) is 6.30. The van der Waals surface area contributed by atoms with Gasteiger partial charge in [0, 0.05) is 35.6 Å². The number of pyridine rings is 1. The molecule has 7 heteroatoms. The van der Waals surface area contributed by atoms with Crippen molar-refractivity contribution in [2.45, 2.75) is 30.6 Å². The van der Waals surface area contributed by atoms with Crippen LogP contribution >= 0.6 is 11.6 Å². The first-order valence-electron chi connectivity index (χ1n) is 10.7. The van der Waals surface area contributed by atoms with Crippen molar-refractivity contribution in [1.29, 1.82) is 0 Å². The number of nitrogens with two attached hydrogens (primary N) is 1. The van der Waals surface area contributed by atoms with Gasteiger partial charge in [-0.05, 0) is 78.8 Å². The number of fused-ring (bicyclic) bond motifs is 2. The maximum absolute atomic E-state index is 13.1. The molecule has 2 heterocycles. The molecule has 3 aromatic rings. The van der Waals surface area contributed by atoms with Crippen LogP contribution in [0.2, 0.25) is 5.02 Å². The molecule has 0 saturated carbocycles. The minimum Gasteiger partial charge on any atom is -0.399 e. The van der Waals surface area contributed by atoms with Crippen LogP contribution < -0.4 is 5.73 Å². The SMILES string of the molecule is Nc1cccc(S(=O)(=O)N2CCC(=C3c4ccc(Cl)cc4CCc4cccnc43)CC2)c1. The summed E-state index contributed by atoms with van der Waals surface area (Å²) >= 11 is 6.30. The first kappa shape index (κ1) is 21.2. The highest BCUT2D eigenvalue weighted by atomic mass is 35.5. The molecular weight excluding hydrogens is 442 g/mol. The summed E-state index contributed by atoms with van der Waals surface area (Å²) in [5.41, 5.74) is 13.3. The smallest absolute Gasteiger partial charge is 0.243 e. The zero-order chi connectivity index (χ0) is 22.3. The highest BCUT2D eigenvalue weighted by Gasteiger charge is 2.30. The first-order valence-corrected chi connectivity index (χ1v) is 12.6. The summed E-state index contributed by atoms with van der Waals surface area (Å²) in [6, 6.07) is 16.7. The van der Waals surface area contributed by atoms with Gasteiger partial charge >= 0.3 is 0 Å². The first-order chi connectivity index (χ1) is 15.4. The third kappa shape index (κ3) is 3.83. The highest BCUT2D eigenvalue weighted by Crippen LogP contribution is 2.39. The number of hydrogen-bond acceptors (Lipinski definition) is 4. The number of halogens is 1. The van der Waals surface area contributed by atoms with Gasteiger partial charge in [0.2, 0.25) is 10.0 Å². The van der Waals surface area contributed by atoms with Crippen molar-refractivity contribution in [2.24, 2.45) is 0 Å². The van der Waals surface area contributed by atoms with Crippen molar-refractivity contribution < 1.29 is 8.42 Å². The lowest BCUT2D eigenvalue weighted by Gasteiger charge is -2.29. The van der Waals surface area contributed by atoms with Crippen LogP contribution in [0.25, 0.3) is 5.57 Å². The third-order valence-corrected chi connectivity index (χ3v) is 8.43. The van der Waals surface area contributed by atoms with E-state index in [1.807, 2.05) is 24.4 Å². The summed E-state index contributed by atoms with van der Waals surface area (Å²) < 4.78 is 27.8. The maximum Gasteiger partial charge on any atom is 0.243 e. The van der Waals surface area contributed by atoms with Gasteiger partial charge in [0.15, 0.2) is 0 Å². The van der Waals surface area contributed by atoms with Gasteiger partial charge in [-0.15, -0.1) is 0 Å². The predicted octanol–water partition coefficient (Wildman–Crippen LogP) is 4.70. The topological polar surface area (TPSA) is 76.3 Å². The lowest BCUT2D eigenvalue weighted by Crippen LogP contribution is -2.36. The Kier molecular flexibility index (Phi) is 5.53. The second-order valence-corrected chi connectivity index (χ2v) is 10.6. The second kappa shape index (κ2) is 8.35. The van der Waals surface area contributed by atoms with Gasteiger partial charge in [-0.2, -0.15) is 4.31 Å². The molecule has 5 rings (SSSR count). The number of rotatable bonds is 2. The number of nitrogen functional groups attached to an aromatic ring is 1. The van der Waals surface area contributed by atoms with Gasteiger partial charge in [0.1, 0.15) is 0 Å². The van der Waals surface area contributed by atoms with Crippen LogP contribution in [0.15, 0.2) is 71.3 Å². The van der Waals surface area contributed by atoms with E-state index in [1.54, 1.807) is 22.5 Å². The Bertz CT molecular complexity index is 1320. The van der Waals surface area contributed by atoms with Crippen LogP contribution in [-0.2, 0) is 22.9 Å². The molecule has 5 nitrogen and oxygen atoms in total. The molecule has 1 aliphatic heterocycles. The van der Waals surface area contributed by atoms with Crippen LogP contribution in [0, 0.1) is 0 Å². The van der Waals surface area contributed by atoms with E-state index in [0.717, 1.165) is 34.7 Å². The standard InChI is InChI=1S/C25H24ClN3O2S/c26-20-8-9-23-19(15-20)7-6-18-3-2-12-28-25(18)24(23)17-10-13-29(14-11-17)32(30,31)22-5-1-4-21(27)16-22/h1-5,8-9,12,15-16H,6-7,10-11,13-14,27H2. The summed E-state index contributed by atoms with van der Waals surface area (Å²) in [5.74, 6) is 0. The van der Waals surface area contributed by atoms with Crippen molar-refractivity contribution >= 4 is 32.9 Å². The minimum atomic E-state index is -3.57. The normalized spacial score (nSPS) is 16.9. The molecule has 0 bridgehead atoms. The molecule has 2 aromatic carbocycles. The zero-order valence-electron chi connectivity index (χ0n) is 17.6. The van der Waals surface area contributed by atoms with E-state index in [9.17, 15) is 8.42 Å². The minimum absolute atomic E-state index is 0.245. The van der Waals surface area contributed by atoms with E-state index in [1.165, 1.54) is 22.8 Å². The van der Waals surface area contributed by atoms with E-state index in [0.29, 0.717) is 31.6 Å². The number of anilines is 1. The molecule has 164 valence electrons. The lowest BCUT2D eigenvalue weighted by molar-refractivity contribution is 0.387. The van der Waals surface area contributed by atoms with Crippen LogP contribution in [-0.4, -0.2) is 30.8 Å². The van der Waals surface area contributed by atoms with Gasteiger partial charge in [-0.25, -0.2) is 8.42 Å². The Morgan fingerprint density at radius 1 is 0.906 bits per heavy atom. The molecule has 0 atom stereocenters. The number of benzene rings is 2. The maximum atomic E-state index is 13.1. The summed E-state index contributed by atoms with van der Waals surface area (Å²) in [5, 5.41) is 0.732. The molecule has 0 amide bonds. The molecule has 1 aliphatic carbocycles. The number of sulfonamides is 1. The van der Waals surface area contributed by atoms with Crippen molar-refractivity contribution in [3.63, 3.8) is 0 Å². The number of hydrogen-bond donors (Lipinski definition) is 1. The van der Waals surface area contributed by atoms with Crippen LogP contribution in [0.5, 0.6) is 0 Å². The molecule has 1 fully saturated rings. The summed E-state index contributed by atoms with van der Waals surface area (Å²) in [7, 11) is -3.57. The van der Waals surface area contributed by atoms with Gasteiger partial charge in [-0.3, -0.25) is 4.98 Å². The van der Waals surface area contributed by atoms with E-state index in [-0.39, 0.29) is 4.90 Å². The van der Waals surface area contributed by atoms with Crippen molar-refractivity contribution in [1.82, 2.24) is 9.29 Å². The van der Waals surface area contributed by atoms with Gasteiger partial charge in [0.05, 0.1) is 10.6 Å². The van der Waals surface area contributed by atoms with Gasteiger partial charge in [0.25, 0.3) is 0 Å². The van der Waals surface area contributed by atoms with Crippen molar-refractivity contribution in [3.05, 3.63) is 93.8 Å². The molecule has 0 radical (unpaired) electrons. The van der Waals surface area contributed by atoms with Crippen molar-refractivity contribution in [2.75, 3.05) is 18.8 Å². The van der Waals surface area contributed by atoms with E-state index in [2.05, 4.69) is 12.1 Å².